The van der Waals surface area contributed by atoms with E-state index in [1.807, 2.05) is 6.07 Å². The van der Waals surface area contributed by atoms with Crippen LogP contribution in [0.3, 0.4) is 0 Å². The maximum atomic E-state index is 11.4. The van der Waals surface area contributed by atoms with Gasteiger partial charge in [0.2, 0.25) is 0 Å². The standard InChI is InChI=1S/C15H12O4/c16-14(17)9-4-5-11-10(7-9)6-8-2-1-3-12(11)13(8)15(18)19/h4-7H,1-3H2,(H,16,17)(H,18,19). The molecule has 0 aromatic heterocycles. The van der Waals surface area contributed by atoms with E-state index in [4.69, 9.17) is 5.11 Å². The number of carboxylic acids is 2. The maximum absolute atomic E-state index is 11.4. The number of benzene rings is 2. The van der Waals surface area contributed by atoms with Crippen LogP contribution in [0.5, 0.6) is 0 Å². The van der Waals surface area contributed by atoms with Crippen molar-refractivity contribution in [3.05, 3.63) is 46.5 Å². The van der Waals surface area contributed by atoms with Crippen LogP contribution in [-0.2, 0) is 12.8 Å². The van der Waals surface area contributed by atoms with E-state index in [-0.39, 0.29) is 5.56 Å². The van der Waals surface area contributed by atoms with Gasteiger partial charge in [0.15, 0.2) is 0 Å². The lowest BCUT2D eigenvalue weighted by molar-refractivity contribution is 0.0684. The summed E-state index contributed by atoms with van der Waals surface area (Å²) in [5, 5.41) is 20.0. The van der Waals surface area contributed by atoms with Crippen LogP contribution in [0.25, 0.3) is 10.8 Å². The van der Waals surface area contributed by atoms with E-state index in [9.17, 15) is 14.7 Å². The number of aromatic carboxylic acids is 2. The number of carbonyl (C=O) groups is 2. The van der Waals surface area contributed by atoms with Gasteiger partial charge in [0.25, 0.3) is 0 Å². The first-order chi connectivity index (χ1) is 9.08. The number of aryl methyl sites for hydroxylation is 2. The zero-order chi connectivity index (χ0) is 13.6. The van der Waals surface area contributed by atoms with Crippen LogP contribution < -0.4 is 0 Å². The van der Waals surface area contributed by atoms with Crippen molar-refractivity contribution in [3.8, 4) is 0 Å². The van der Waals surface area contributed by atoms with Gasteiger partial charge in [-0.05, 0) is 53.3 Å². The monoisotopic (exact) mass is 256 g/mol. The first-order valence-electron chi connectivity index (χ1n) is 6.13. The summed E-state index contributed by atoms with van der Waals surface area (Å²) in [6, 6.07) is 6.67. The fraction of sp³-hybridized carbons (Fsp3) is 0.200. The fourth-order valence-electron chi connectivity index (χ4n) is 2.86. The molecule has 0 atom stereocenters. The second-order valence-corrected chi connectivity index (χ2v) is 4.79. The summed E-state index contributed by atoms with van der Waals surface area (Å²) in [4.78, 5) is 22.3. The van der Waals surface area contributed by atoms with E-state index < -0.39 is 11.9 Å². The molecule has 0 saturated carbocycles. The molecule has 0 heterocycles. The van der Waals surface area contributed by atoms with E-state index in [1.54, 1.807) is 12.1 Å². The average molecular weight is 256 g/mol. The lowest BCUT2D eigenvalue weighted by Crippen LogP contribution is -2.13. The Morgan fingerprint density at radius 2 is 1.79 bits per heavy atom. The minimum Gasteiger partial charge on any atom is -0.478 e. The zero-order valence-electron chi connectivity index (χ0n) is 10.1. The summed E-state index contributed by atoms with van der Waals surface area (Å²) in [5.41, 5.74) is 2.28. The van der Waals surface area contributed by atoms with Crippen LogP contribution in [-0.4, -0.2) is 22.2 Å². The number of fused-ring (bicyclic) bond motifs is 4. The molecule has 0 radical (unpaired) electrons. The van der Waals surface area contributed by atoms with Crippen LogP contribution in [0.1, 0.15) is 38.3 Å². The molecule has 1 aliphatic carbocycles. The van der Waals surface area contributed by atoms with Crippen molar-refractivity contribution in [2.45, 2.75) is 19.3 Å². The molecule has 4 nitrogen and oxygen atoms in total. The molecule has 4 heteroatoms. The first kappa shape index (κ1) is 11.7. The Morgan fingerprint density at radius 3 is 2.47 bits per heavy atom. The van der Waals surface area contributed by atoms with Gasteiger partial charge >= 0.3 is 11.9 Å². The van der Waals surface area contributed by atoms with E-state index in [0.717, 1.165) is 41.2 Å². The molecule has 0 fully saturated rings. The predicted octanol–water partition coefficient (Wildman–Crippen LogP) is 2.72. The Balaban J connectivity index is 2.35. The molecule has 2 aromatic rings. The second-order valence-electron chi connectivity index (χ2n) is 4.79. The molecule has 2 bridgehead atoms. The van der Waals surface area contributed by atoms with E-state index in [0.29, 0.717) is 5.56 Å². The van der Waals surface area contributed by atoms with E-state index >= 15 is 0 Å². The summed E-state index contributed by atoms with van der Waals surface area (Å²) in [6.45, 7) is 0. The first-order valence-corrected chi connectivity index (χ1v) is 6.13. The summed E-state index contributed by atoms with van der Waals surface area (Å²) in [7, 11) is 0. The third-order valence-corrected chi connectivity index (χ3v) is 3.66. The van der Waals surface area contributed by atoms with Crippen molar-refractivity contribution in [3.63, 3.8) is 0 Å². The second kappa shape index (κ2) is 4.09. The number of rotatable bonds is 2. The maximum Gasteiger partial charge on any atom is 0.336 e. The van der Waals surface area contributed by atoms with Crippen molar-refractivity contribution >= 4 is 22.7 Å². The van der Waals surface area contributed by atoms with Crippen LogP contribution >= 0.6 is 0 Å². The molecule has 0 amide bonds. The van der Waals surface area contributed by atoms with Gasteiger partial charge in [-0.3, -0.25) is 0 Å². The molecule has 19 heavy (non-hydrogen) atoms. The lowest BCUT2D eigenvalue weighted by Gasteiger charge is -2.20. The fourth-order valence-corrected chi connectivity index (χ4v) is 2.86. The topological polar surface area (TPSA) is 74.6 Å². The van der Waals surface area contributed by atoms with Crippen LogP contribution in [0, 0.1) is 0 Å². The molecule has 0 spiro atoms. The molecule has 0 aliphatic heterocycles. The highest BCUT2D eigenvalue weighted by Gasteiger charge is 2.22. The molecule has 0 unspecified atom stereocenters. The SMILES string of the molecule is O=C(O)c1ccc2c3c(C(=O)O)c(cc2c1)CCC3. The quantitative estimate of drug-likeness (QED) is 0.866. The smallest absolute Gasteiger partial charge is 0.336 e. The van der Waals surface area contributed by atoms with Crippen LogP contribution in [0.2, 0.25) is 0 Å². The van der Waals surface area contributed by atoms with Gasteiger partial charge in [0.05, 0.1) is 11.1 Å². The third kappa shape index (κ3) is 1.76. The minimum atomic E-state index is -0.968. The van der Waals surface area contributed by atoms with Crippen molar-refractivity contribution in [2.75, 3.05) is 0 Å². The van der Waals surface area contributed by atoms with Gasteiger partial charge < -0.3 is 10.2 Å². The van der Waals surface area contributed by atoms with Gasteiger partial charge in [-0.15, -0.1) is 0 Å². The average Bonchev–Trinajstić information content (AvgIpc) is 2.37. The number of carboxylic acid groups (broad SMARTS) is 2. The summed E-state index contributed by atoms with van der Waals surface area (Å²) in [6.07, 6.45) is 2.42. The van der Waals surface area contributed by atoms with E-state index in [2.05, 4.69) is 0 Å². The number of hydrogen-bond donors (Lipinski definition) is 2. The predicted molar refractivity (Wildman–Crippen MR) is 69.9 cm³/mol. The molecule has 2 aromatic carbocycles. The molecule has 3 rings (SSSR count). The van der Waals surface area contributed by atoms with Crippen molar-refractivity contribution in [1.29, 1.82) is 0 Å². The van der Waals surface area contributed by atoms with Gasteiger partial charge in [-0.1, -0.05) is 12.1 Å². The van der Waals surface area contributed by atoms with Gasteiger partial charge in [0.1, 0.15) is 0 Å². The lowest BCUT2D eigenvalue weighted by atomic mass is 9.84. The Labute approximate surface area is 109 Å². The molecule has 1 aliphatic rings. The molecular weight excluding hydrogens is 244 g/mol. The highest BCUT2D eigenvalue weighted by molar-refractivity contribution is 6.02. The van der Waals surface area contributed by atoms with Gasteiger partial charge in [-0.25, -0.2) is 9.59 Å². The van der Waals surface area contributed by atoms with Crippen LogP contribution in [0.15, 0.2) is 24.3 Å². The highest BCUT2D eigenvalue weighted by atomic mass is 16.4. The number of hydrogen-bond acceptors (Lipinski definition) is 2. The van der Waals surface area contributed by atoms with Crippen molar-refractivity contribution < 1.29 is 19.8 Å². The molecule has 96 valence electrons. The molecule has 2 N–H and O–H groups in total. The minimum absolute atomic E-state index is 0.230. The Bertz CT molecular complexity index is 716. The Morgan fingerprint density at radius 1 is 1.00 bits per heavy atom. The van der Waals surface area contributed by atoms with Gasteiger partial charge in [0, 0.05) is 0 Å². The van der Waals surface area contributed by atoms with Crippen molar-refractivity contribution in [1.82, 2.24) is 0 Å². The highest BCUT2D eigenvalue weighted by Crippen LogP contribution is 2.32. The zero-order valence-corrected chi connectivity index (χ0v) is 10.1. The summed E-state index contributed by atoms with van der Waals surface area (Å²) in [5.74, 6) is -1.86. The largest absolute Gasteiger partial charge is 0.478 e. The van der Waals surface area contributed by atoms with Crippen LogP contribution in [0.4, 0.5) is 0 Å². The normalized spacial score (nSPS) is 13.5. The van der Waals surface area contributed by atoms with E-state index in [1.165, 1.54) is 6.07 Å². The van der Waals surface area contributed by atoms with Gasteiger partial charge in [-0.2, -0.15) is 0 Å². The third-order valence-electron chi connectivity index (χ3n) is 3.66. The summed E-state index contributed by atoms with van der Waals surface area (Å²) < 4.78 is 0. The Kier molecular flexibility index (Phi) is 2.52. The molecule has 0 saturated heterocycles. The Hall–Kier alpha value is -2.36. The molecular formula is C15H12O4. The van der Waals surface area contributed by atoms with Crippen molar-refractivity contribution in [2.24, 2.45) is 0 Å². The summed E-state index contributed by atoms with van der Waals surface area (Å²) >= 11 is 0.